The molecule has 166 valence electrons. The number of hydrogen-bond donors (Lipinski definition) is 1. The maximum Gasteiger partial charge on any atom is 0.417 e. The summed E-state index contributed by atoms with van der Waals surface area (Å²) in [7, 11) is -4.81. The Hall–Kier alpha value is -2.31. The van der Waals surface area contributed by atoms with E-state index < -0.39 is 93.1 Å². The monoisotopic (exact) mass is 459 g/mol. The van der Waals surface area contributed by atoms with Crippen LogP contribution in [0.15, 0.2) is 23.1 Å². The number of carbonyl (C=O) groups is 2. The third kappa shape index (κ3) is 3.98. The predicted octanol–water partition coefficient (Wildman–Crippen LogP) is 2.58. The van der Waals surface area contributed by atoms with Gasteiger partial charge in [-0.2, -0.15) is 13.2 Å². The van der Waals surface area contributed by atoms with E-state index in [0.717, 1.165) is 0 Å². The van der Waals surface area contributed by atoms with Crippen LogP contribution in [0, 0.1) is 17.7 Å². The maximum absolute atomic E-state index is 13.3. The van der Waals surface area contributed by atoms with Crippen molar-refractivity contribution in [2.45, 2.75) is 35.1 Å². The van der Waals surface area contributed by atoms with Gasteiger partial charge in [0.25, 0.3) is 5.92 Å². The molecule has 1 N–H and O–H groups in total. The molecule has 1 saturated heterocycles. The first-order chi connectivity index (χ1) is 13.6. The third-order valence-corrected chi connectivity index (χ3v) is 7.53. The Morgan fingerprint density at radius 3 is 2.17 bits per heavy atom. The number of hydrogen-bond acceptors (Lipinski definition) is 4. The number of rotatable bonds is 4. The first-order valence-electron chi connectivity index (χ1n) is 8.63. The minimum atomic E-state index is -5.20. The summed E-state index contributed by atoms with van der Waals surface area (Å²) in [6, 6.07) is 0.978. The summed E-state index contributed by atoms with van der Waals surface area (Å²) < 4.78 is 105. The molecule has 3 atom stereocenters. The van der Waals surface area contributed by atoms with Crippen molar-refractivity contribution in [3.63, 3.8) is 0 Å². The minimum Gasteiger partial charge on any atom is -0.481 e. The van der Waals surface area contributed by atoms with Gasteiger partial charge >= 0.3 is 12.1 Å². The number of sulfone groups is 1. The van der Waals surface area contributed by atoms with Crippen LogP contribution < -0.4 is 0 Å². The maximum atomic E-state index is 13.3. The lowest BCUT2D eigenvalue weighted by molar-refractivity contribution is -0.172. The van der Waals surface area contributed by atoms with Crippen molar-refractivity contribution in [3.05, 3.63) is 29.6 Å². The summed E-state index contributed by atoms with van der Waals surface area (Å²) in [5.74, 6) is -10.0. The number of carboxylic acids is 1. The minimum absolute atomic E-state index is 0.0152. The van der Waals surface area contributed by atoms with Crippen LogP contribution in [0.1, 0.15) is 18.4 Å². The van der Waals surface area contributed by atoms with Crippen LogP contribution in [0.25, 0.3) is 0 Å². The average molecular weight is 459 g/mol. The molecule has 0 spiro atoms. The summed E-state index contributed by atoms with van der Waals surface area (Å²) in [4.78, 5) is 23.4. The summed E-state index contributed by atoms with van der Waals surface area (Å²) in [5.41, 5.74) is -1.74. The van der Waals surface area contributed by atoms with Crippen LogP contribution in [-0.4, -0.2) is 54.6 Å². The molecule has 1 heterocycles. The van der Waals surface area contributed by atoms with E-state index >= 15 is 0 Å². The van der Waals surface area contributed by atoms with Crippen LogP contribution in [0.3, 0.4) is 0 Å². The number of alkyl halides is 5. The number of likely N-dealkylation sites (tertiary alicyclic amines) is 1. The van der Waals surface area contributed by atoms with Gasteiger partial charge in [-0.25, -0.2) is 21.6 Å². The highest BCUT2D eigenvalue weighted by atomic mass is 32.2. The van der Waals surface area contributed by atoms with Gasteiger partial charge in [0.1, 0.15) is 5.82 Å². The number of aliphatic carboxylic acids is 1. The Morgan fingerprint density at radius 2 is 1.67 bits per heavy atom. The average Bonchev–Trinajstić information content (AvgIpc) is 3.04. The van der Waals surface area contributed by atoms with Crippen LogP contribution >= 0.6 is 0 Å². The Bertz CT molecular complexity index is 985. The molecule has 0 radical (unpaired) electrons. The van der Waals surface area contributed by atoms with E-state index in [-0.39, 0.29) is 6.07 Å². The quantitative estimate of drug-likeness (QED) is 0.552. The summed E-state index contributed by atoms with van der Waals surface area (Å²) in [6.07, 6.45) is -6.52. The van der Waals surface area contributed by atoms with Crippen molar-refractivity contribution in [3.8, 4) is 0 Å². The van der Waals surface area contributed by atoms with Gasteiger partial charge < -0.3 is 10.0 Å². The van der Waals surface area contributed by atoms with Crippen molar-refractivity contribution >= 4 is 21.7 Å². The van der Waals surface area contributed by atoms with E-state index in [1.165, 1.54) is 0 Å². The lowest BCUT2D eigenvalue weighted by atomic mass is 9.93. The van der Waals surface area contributed by atoms with Crippen LogP contribution in [-0.2, 0) is 25.6 Å². The zero-order valence-corrected chi connectivity index (χ0v) is 15.8. The molecule has 3 rings (SSSR count). The number of amides is 1. The molecule has 1 amide bonds. The first-order valence-corrected chi connectivity index (χ1v) is 10.2. The van der Waals surface area contributed by atoms with Gasteiger partial charge in [0.15, 0.2) is 9.84 Å². The Morgan fingerprint density at radius 1 is 1.10 bits per heavy atom. The standard InChI is InChI=1S/C17H15F6NO5S/c18-8-1-2-13(12(3-8)17(21,22)23)30(28,29)9-4-10(11(5-9)15(26)27)14(25)24-6-16(19,20)7-24/h1-3,9-11H,4-7H2,(H,26,27)/t9-,10+,11+/m0/s1. The number of carboxylic acid groups (broad SMARTS) is 1. The van der Waals surface area contributed by atoms with Crippen molar-refractivity contribution in [2.24, 2.45) is 11.8 Å². The predicted molar refractivity (Wildman–Crippen MR) is 87.8 cm³/mol. The molecule has 13 heteroatoms. The van der Waals surface area contributed by atoms with Gasteiger partial charge in [0.05, 0.1) is 40.6 Å². The summed E-state index contributed by atoms with van der Waals surface area (Å²) in [6.45, 7) is -1.88. The van der Waals surface area contributed by atoms with Gasteiger partial charge in [-0.1, -0.05) is 0 Å². The topological polar surface area (TPSA) is 91.7 Å². The first kappa shape index (κ1) is 22.4. The second kappa shape index (κ2) is 7.13. The summed E-state index contributed by atoms with van der Waals surface area (Å²) in [5, 5.41) is 7.66. The molecule has 2 aliphatic rings. The molecule has 0 unspecified atom stereocenters. The van der Waals surface area contributed by atoms with E-state index in [4.69, 9.17) is 0 Å². The van der Waals surface area contributed by atoms with E-state index in [1.807, 2.05) is 0 Å². The van der Waals surface area contributed by atoms with E-state index in [2.05, 4.69) is 0 Å². The second-order valence-corrected chi connectivity index (χ2v) is 9.57. The van der Waals surface area contributed by atoms with Gasteiger partial charge in [-0.15, -0.1) is 0 Å². The highest BCUT2D eigenvalue weighted by Gasteiger charge is 2.54. The van der Waals surface area contributed by atoms with Gasteiger partial charge in [-0.05, 0) is 31.0 Å². The molecule has 0 aromatic heterocycles. The molecule has 1 aromatic rings. The Labute approximate surface area is 166 Å². The molecular formula is C17H15F6NO5S. The fourth-order valence-electron chi connectivity index (χ4n) is 3.84. The number of carbonyl (C=O) groups excluding carboxylic acids is 1. The zero-order chi connectivity index (χ0) is 22.6. The molecule has 1 saturated carbocycles. The van der Waals surface area contributed by atoms with Gasteiger partial charge in [0, 0.05) is 0 Å². The van der Waals surface area contributed by atoms with E-state index in [1.54, 1.807) is 0 Å². The van der Waals surface area contributed by atoms with Crippen molar-refractivity contribution in [1.82, 2.24) is 4.90 Å². The fourth-order valence-corrected chi connectivity index (χ4v) is 5.86. The second-order valence-electron chi connectivity index (χ2n) is 7.38. The molecule has 1 aliphatic carbocycles. The molecule has 30 heavy (non-hydrogen) atoms. The molecule has 0 bridgehead atoms. The van der Waals surface area contributed by atoms with Crippen molar-refractivity contribution in [2.75, 3.05) is 13.1 Å². The van der Waals surface area contributed by atoms with Crippen molar-refractivity contribution in [1.29, 1.82) is 0 Å². The molecule has 2 fully saturated rings. The fraction of sp³-hybridized carbons (Fsp3) is 0.529. The number of nitrogens with zero attached hydrogens (tertiary/aromatic N) is 1. The molecule has 1 aliphatic heterocycles. The zero-order valence-electron chi connectivity index (χ0n) is 15.0. The van der Waals surface area contributed by atoms with Crippen LogP contribution in [0.2, 0.25) is 0 Å². The van der Waals surface area contributed by atoms with Crippen LogP contribution in [0.4, 0.5) is 26.3 Å². The smallest absolute Gasteiger partial charge is 0.417 e. The largest absolute Gasteiger partial charge is 0.481 e. The lowest BCUT2D eigenvalue weighted by Gasteiger charge is -2.40. The Balaban J connectivity index is 1.93. The molecule has 6 nitrogen and oxygen atoms in total. The Kier molecular flexibility index (Phi) is 5.32. The van der Waals surface area contributed by atoms with Crippen molar-refractivity contribution < 1.29 is 49.5 Å². The number of benzene rings is 1. The SMILES string of the molecule is O=C(O)[C@@H]1C[C@@H](S(=O)(=O)c2ccc(F)cc2C(F)(F)F)C[C@H]1C(=O)N1CC(F)(F)C1. The molecule has 1 aromatic carbocycles. The highest BCUT2D eigenvalue weighted by Crippen LogP contribution is 2.43. The van der Waals surface area contributed by atoms with E-state index in [9.17, 15) is 49.5 Å². The normalized spacial score (nSPS) is 26.3. The van der Waals surface area contributed by atoms with Crippen LogP contribution in [0.5, 0.6) is 0 Å². The van der Waals surface area contributed by atoms with Gasteiger partial charge in [-0.3, -0.25) is 9.59 Å². The third-order valence-electron chi connectivity index (χ3n) is 5.30. The summed E-state index contributed by atoms with van der Waals surface area (Å²) >= 11 is 0. The molecular weight excluding hydrogens is 444 g/mol. The van der Waals surface area contributed by atoms with E-state index in [0.29, 0.717) is 17.0 Å². The van der Waals surface area contributed by atoms with Gasteiger partial charge in [0.2, 0.25) is 5.91 Å². The lowest BCUT2D eigenvalue weighted by Crippen LogP contribution is -2.60. The number of halogens is 6. The highest BCUT2D eigenvalue weighted by molar-refractivity contribution is 7.92.